The predicted molar refractivity (Wildman–Crippen MR) is 147 cm³/mol. The molecule has 0 radical (unpaired) electrons. The van der Waals surface area contributed by atoms with Crippen molar-refractivity contribution in [3.63, 3.8) is 0 Å². The number of aromatic nitrogens is 5. The summed E-state index contributed by atoms with van der Waals surface area (Å²) in [5.41, 5.74) is 6.20. The number of nitrogens with two attached hydrogens (primary N) is 1. The van der Waals surface area contributed by atoms with E-state index in [0.717, 1.165) is 12.1 Å². The van der Waals surface area contributed by atoms with Gasteiger partial charge in [0, 0.05) is 24.7 Å². The highest BCUT2D eigenvalue weighted by Gasteiger charge is 2.43. The molecule has 1 amide bonds. The molecule has 4 aromatic rings. The number of pyridine rings is 1. The Labute approximate surface area is 242 Å². The summed E-state index contributed by atoms with van der Waals surface area (Å²) in [5.74, 6) is -1.74. The van der Waals surface area contributed by atoms with Crippen LogP contribution in [0.3, 0.4) is 0 Å². The minimum absolute atomic E-state index is 0.0573. The van der Waals surface area contributed by atoms with E-state index >= 15 is 4.39 Å². The zero-order valence-corrected chi connectivity index (χ0v) is 23.1. The highest BCUT2D eigenvalue weighted by molar-refractivity contribution is 5.93. The number of ether oxygens (including phenoxy) is 2. The third-order valence-corrected chi connectivity index (χ3v) is 7.35. The zero-order chi connectivity index (χ0) is 30.9. The summed E-state index contributed by atoms with van der Waals surface area (Å²) in [5, 5.41) is 12.7. The first-order chi connectivity index (χ1) is 20.5. The number of rotatable bonds is 8. The molecule has 2 atom stereocenters. The number of imidazole rings is 1. The number of benzene rings is 1. The number of aliphatic hydroxyl groups excluding tert-OH is 1. The largest absolute Gasteiger partial charge is 0.494 e. The number of fused-ring (bicyclic) bond motifs is 1. The van der Waals surface area contributed by atoms with Crippen LogP contribution >= 0.6 is 0 Å². The van der Waals surface area contributed by atoms with Crippen LogP contribution in [0.15, 0.2) is 37.1 Å². The highest BCUT2D eigenvalue weighted by atomic mass is 19.3. The Bertz CT molecular complexity index is 1660. The number of alkyl halides is 2. The molecule has 0 bridgehead atoms. The quantitative estimate of drug-likeness (QED) is 0.255. The van der Waals surface area contributed by atoms with Crippen molar-refractivity contribution < 1.29 is 36.9 Å². The molecule has 1 fully saturated rings. The average molecular weight is 605 g/mol. The van der Waals surface area contributed by atoms with Crippen LogP contribution < -0.4 is 20.7 Å². The summed E-state index contributed by atoms with van der Waals surface area (Å²) < 4.78 is 67.6. The van der Waals surface area contributed by atoms with Gasteiger partial charge >= 0.3 is 6.09 Å². The van der Waals surface area contributed by atoms with Crippen LogP contribution in [-0.4, -0.2) is 81.1 Å². The molecule has 228 valence electrons. The van der Waals surface area contributed by atoms with Crippen molar-refractivity contribution in [1.29, 1.82) is 0 Å². The van der Waals surface area contributed by atoms with Crippen LogP contribution in [0.1, 0.15) is 18.4 Å². The lowest BCUT2D eigenvalue weighted by Crippen LogP contribution is -2.63. The molecular formula is C27H28F4N8O4. The van der Waals surface area contributed by atoms with Crippen LogP contribution in [0.4, 0.5) is 33.9 Å². The van der Waals surface area contributed by atoms with E-state index in [1.165, 1.54) is 39.1 Å². The number of methoxy groups -OCH3 is 2. The molecule has 0 aliphatic carbocycles. The fourth-order valence-electron chi connectivity index (χ4n) is 5.16. The number of nitrogens with one attached hydrogen (secondary N) is 1. The van der Waals surface area contributed by atoms with E-state index in [0.29, 0.717) is 29.9 Å². The third-order valence-electron chi connectivity index (χ3n) is 7.35. The van der Waals surface area contributed by atoms with Gasteiger partial charge in [-0.05, 0) is 30.5 Å². The molecular weight excluding hydrogens is 576 g/mol. The first-order valence-electron chi connectivity index (χ1n) is 13.1. The van der Waals surface area contributed by atoms with Crippen LogP contribution in [0.2, 0.25) is 0 Å². The first kappa shape index (κ1) is 29.9. The molecule has 0 saturated carbocycles. The maximum Gasteiger partial charge on any atom is 0.412 e. The molecule has 1 saturated heterocycles. The van der Waals surface area contributed by atoms with Crippen LogP contribution in [0, 0.1) is 11.6 Å². The van der Waals surface area contributed by atoms with Gasteiger partial charge in [0.1, 0.15) is 18.2 Å². The second kappa shape index (κ2) is 12.0. The molecule has 4 N–H and O–H groups in total. The van der Waals surface area contributed by atoms with Crippen molar-refractivity contribution >= 4 is 28.8 Å². The number of aliphatic hydroxyl groups is 1. The Kier molecular flexibility index (Phi) is 8.32. The van der Waals surface area contributed by atoms with Gasteiger partial charge < -0.3 is 29.8 Å². The Morgan fingerprint density at radius 2 is 1.95 bits per heavy atom. The summed E-state index contributed by atoms with van der Waals surface area (Å²) in [7, 11) is 2.41. The number of carbonyl (C=O) groups excluding carboxylic acids is 1. The molecule has 1 aromatic carbocycles. The van der Waals surface area contributed by atoms with Gasteiger partial charge in [-0.15, -0.1) is 0 Å². The minimum atomic E-state index is -3.04. The van der Waals surface area contributed by atoms with E-state index in [4.69, 9.17) is 10.5 Å². The fourth-order valence-corrected chi connectivity index (χ4v) is 5.16. The van der Waals surface area contributed by atoms with Gasteiger partial charge in [-0.1, -0.05) is 0 Å². The van der Waals surface area contributed by atoms with Crippen molar-refractivity contribution in [2.24, 2.45) is 5.73 Å². The molecule has 43 heavy (non-hydrogen) atoms. The maximum absolute atomic E-state index is 15.0. The Hall–Kier alpha value is -4.57. The smallest absolute Gasteiger partial charge is 0.412 e. The fraction of sp³-hybridized carbons (Fsp3) is 0.370. The van der Waals surface area contributed by atoms with E-state index in [9.17, 15) is 23.1 Å². The minimum Gasteiger partial charge on any atom is -0.494 e. The molecule has 3 aromatic heterocycles. The van der Waals surface area contributed by atoms with Gasteiger partial charge in [0.05, 0.1) is 50.2 Å². The van der Waals surface area contributed by atoms with Gasteiger partial charge in [0.2, 0.25) is 0 Å². The number of piperidine rings is 1. The van der Waals surface area contributed by atoms with Crippen LogP contribution in [0.5, 0.6) is 5.75 Å². The normalized spacial score (nSPS) is 17.7. The lowest BCUT2D eigenvalue weighted by Gasteiger charge is -2.44. The summed E-state index contributed by atoms with van der Waals surface area (Å²) in [6.07, 6.45) is -1.19. The Balaban J connectivity index is 1.59. The number of hydrogen-bond acceptors (Lipinski definition) is 10. The average Bonchev–Trinajstić information content (AvgIpc) is 3.41. The lowest BCUT2D eigenvalue weighted by atomic mass is 9.84. The monoisotopic (exact) mass is 604 g/mol. The van der Waals surface area contributed by atoms with Crippen LogP contribution in [-0.2, 0) is 11.3 Å². The summed E-state index contributed by atoms with van der Waals surface area (Å²) in [4.78, 5) is 30.5. The van der Waals surface area contributed by atoms with Gasteiger partial charge in [-0.25, -0.2) is 37.3 Å². The number of carbonyl (C=O) groups is 1. The molecule has 1 aliphatic rings. The first-order valence-corrected chi connectivity index (χ1v) is 13.1. The summed E-state index contributed by atoms with van der Waals surface area (Å²) in [6, 6.07) is 3.42. The second-order valence-corrected chi connectivity index (χ2v) is 10.1. The van der Waals surface area contributed by atoms with Gasteiger partial charge in [-0.2, -0.15) is 0 Å². The zero-order valence-electron chi connectivity index (χ0n) is 23.1. The van der Waals surface area contributed by atoms with Crippen molar-refractivity contribution in [2.75, 3.05) is 37.5 Å². The maximum atomic E-state index is 15.0. The number of hydrogen-bond donors (Lipinski definition) is 3. The van der Waals surface area contributed by atoms with E-state index in [2.05, 4.69) is 30.0 Å². The number of anilines is 2. The van der Waals surface area contributed by atoms with Crippen molar-refractivity contribution in [2.45, 2.75) is 37.5 Å². The number of amides is 1. The van der Waals surface area contributed by atoms with E-state index in [1.807, 2.05) is 0 Å². The van der Waals surface area contributed by atoms with Gasteiger partial charge in [0.25, 0.3) is 6.43 Å². The molecule has 5 rings (SSSR count). The van der Waals surface area contributed by atoms with Gasteiger partial charge in [-0.3, -0.25) is 10.3 Å². The Morgan fingerprint density at radius 3 is 2.67 bits per heavy atom. The van der Waals surface area contributed by atoms with Crippen LogP contribution in [0.25, 0.3) is 22.4 Å². The molecule has 1 aliphatic heterocycles. The molecule has 0 unspecified atom stereocenters. The predicted octanol–water partition coefficient (Wildman–Crippen LogP) is 3.33. The summed E-state index contributed by atoms with van der Waals surface area (Å²) in [6.45, 7) is 0.356. The molecule has 16 heteroatoms. The SMILES string of the molecule is COC(=O)Nc1ncnc2c1ncn2Cc1cc(-c2cc(F)c(OC)cc2F)ncc1N1CCC[C@](N)([C@H](O)C(F)F)C1. The highest BCUT2D eigenvalue weighted by Crippen LogP contribution is 2.35. The standard InChI is InChI=1S/C27H28F4N8O4/c1-42-20-8-16(28)15(7-17(20)29)18-6-14(10-39-13-36-21-24(37-26(41)43-2)34-12-35-25(21)39)19(9-33-18)38-5-3-4-27(32,11-38)22(40)23(30)31/h6-9,12-13,22-23,40H,3-5,10-11,32H2,1-2H3,(H,34,35,37,41)/t22-,27-/m1/s1. The van der Waals surface area contributed by atoms with E-state index < -0.39 is 35.8 Å². The van der Waals surface area contributed by atoms with Gasteiger partial charge in [0.15, 0.2) is 28.5 Å². The second-order valence-electron chi connectivity index (χ2n) is 10.1. The molecule has 12 nitrogen and oxygen atoms in total. The topological polar surface area (TPSA) is 154 Å². The lowest BCUT2D eigenvalue weighted by molar-refractivity contribution is -0.0529. The molecule has 0 spiro atoms. The number of halogens is 4. The van der Waals surface area contributed by atoms with Crippen molar-refractivity contribution in [3.05, 3.63) is 54.2 Å². The number of nitrogens with zero attached hydrogens (tertiary/aromatic N) is 6. The Morgan fingerprint density at radius 1 is 1.16 bits per heavy atom. The summed E-state index contributed by atoms with van der Waals surface area (Å²) >= 11 is 0. The van der Waals surface area contributed by atoms with Crippen molar-refractivity contribution in [3.8, 4) is 17.0 Å². The molecule has 4 heterocycles. The van der Waals surface area contributed by atoms with Crippen molar-refractivity contribution in [1.82, 2.24) is 24.5 Å². The third kappa shape index (κ3) is 5.87. The van der Waals surface area contributed by atoms with E-state index in [1.54, 1.807) is 9.47 Å². The van der Waals surface area contributed by atoms with E-state index in [-0.39, 0.29) is 47.9 Å².